The van der Waals surface area contributed by atoms with E-state index in [-0.39, 0.29) is 31.0 Å². The highest BCUT2D eigenvalue weighted by atomic mass is 35.5. The summed E-state index contributed by atoms with van der Waals surface area (Å²) in [7, 11) is 0. The maximum absolute atomic E-state index is 13.4. The Hall–Kier alpha value is -2.53. The van der Waals surface area contributed by atoms with Crippen molar-refractivity contribution in [3.05, 3.63) is 64.2 Å². The quantitative estimate of drug-likeness (QED) is 0.519. The molecule has 2 aromatic carbocycles. The fourth-order valence-electron chi connectivity index (χ4n) is 4.36. The second-order valence-electron chi connectivity index (χ2n) is 8.94. The molecule has 2 amide bonds. The second-order valence-corrected chi connectivity index (χ2v) is 9.35. The molecule has 1 aliphatic rings. The predicted octanol–water partition coefficient (Wildman–Crippen LogP) is 5.59. The van der Waals surface area contributed by atoms with Crippen LogP contribution in [0.4, 0.5) is 0 Å². The number of rotatable bonds is 9. The zero-order valence-corrected chi connectivity index (χ0v) is 20.7. The summed E-state index contributed by atoms with van der Waals surface area (Å²) in [6.45, 7) is 5.99. The number of nitrogens with zero attached hydrogens (tertiary/aromatic N) is 1. The first-order chi connectivity index (χ1) is 15.9. The van der Waals surface area contributed by atoms with Gasteiger partial charge in [0.15, 0.2) is 6.61 Å². The Morgan fingerprint density at radius 2 is 1.85 bits per heavy atom. The Labute approximate surface area is 202 Å². The van der Waals surface area contributed by atoms with Crippen molar-refractivity contribution in [2.75, 3.05) is 6.61 Å². The third-order valence-electron chi connectivity index (χ3n) is 6.33. The van der Waals surface area contributed by atoms with Crippen LogP contribution in [0, 0.1) is 13.8 Å². The molecule has 0 bridgehead atoms. The van der Waals surface area contributed by atoms with Crippen LogP contribution in [0.5, 0.6) is 5.75 Å². The lowest BCUT2D eigenvalue weighted by Gasteiger charge is -2.33. The molecule has 0 heterocycles. The number of aryl methyl sites for hydroxylation is 2. The average Bonchev–Trinajstić information content (AvgIpc) is 2.81. The molecule has 1 N–H and O–H groups in total. The van der Waals surface area contributed by atoms with E-state index in [1.54, 1.807) is 11.0 Å². The lowest BCUT2D eigenvalue weighted by atomic mass is 9.95. The van der Waals surface area contributed by atoms with Gasteiger partial charge in [-0.1, -0.05) is 68.1 Å². The minimum absolute atomic E-state index is 0.100. The second kappa shape index (κ2) is 12.1. The number of halogens is 1. The van der Waals surface area contributed by atoms with E-state index < -0.39 is 6.04 Å². The third kappa shape index (κ3) is 6.97. The molecule has 0 radical (unpaired) electrons. The van der Waals surface area contributed by atoms with Crippen molar-refractivity contribution in [1.82, 2.24) is 10.2 Å². The molecule has 2 aromatic rings. The standard InChI is InChI=1S/C27H35ClN2O3/c1-4-24(27(32)29-22-11-6-5-7-12-22)30(17-21-10-8-9-13-23(21)28)26(31)18-33-25-16-19(2)14-15-20(25)3/h8-10,13-16,22,24H,4-7,11-12,17-18H2,1-3H3,(H,29,32). The molecule has 0 aromatic heterocycles. The number of ether oxygens (including phenoxy) is 1. The summed E-state index contributed by atoms with van der Waals surface area (Å²) in [6, 6.07) is 12.9. The number of benzene rings is 2. The molecule has 1 atom stereocenters. The van der Waals surface area contributed by atoms with Crippen molar-refractivity contribution >= 4 is 23.4 Å². The van der Waals surface area contributed by atoms with Gasteiger partial charge < -0.3 is 15.0 Å². The van der Waals surface area contributed by atoms with E-state index in [9.17, 15) is 9.59 Å². The monoisotopic (exact) mass is 470 g/mol. The van der Waals surface area contributed by atoms with Crippen molar-refractivity contribution in [2.45, 2.75) is 77.9 Å². The van der Waals surface area contributed by atoms with Crippen LogP contribution in [-0.2, 0) is 16.1 Å². The van der Waals surface area contributed by atoms with Gasteiger partial charge in [0.05, 0.1) is 0 Å². The van der Waals surface area contributed by atoms with Gasteiger partial charge >= 0.3 is 0 Å². The van der Waals surface area contributed by atoms with Gasteiger partial charge in [0, 0.05) is 17.6 Å². The molecule has 33 heavy (non-hydrogen) atoms. The van der Waals surface area contributed by atoms with E-state index in [0.717, 1.165) is 42.4 Å². The first-order valence-corrected chi connectivity index (χ1v) is 12.3. The molecule has 1 unspecified atom stereocenters. The van der Waals surface area contributed by atoms with Crippen LogP contribution in [0.25, 0.3) is 0 Å². The molecule has 3 rings (SSSR count). The molecule has 178 valence electrons. The van der Waals surface area contributed by atoms with Crippen molar-refractivity contribution in [3.8, 4) is 5.75 Å². The fraction of sp³-hybridized carbons (Fsp3) is 0.481. The van der Waals surface area contributed by atoms with E-state index in [0.29, 0.717) is 17.2 Å². The molecule has 1 aliphatic carbocycles. The Balaban J connectivity index is 1.79. The van der Waals surface area contributed by atoms with Gasteiger partial charge in [-0.15, -0.1) is 0 Å². The van der Waals surface area contributed by atoms with Crippen molar-refractivity contribution in [2.24, 2.45) is 0 Å². The zero-order chi connectivity index (χ0) is 23.8. The van der Waals surface area contributed by atoms with Crippen molar-refractivity contribution in [3.63, 3.8) is 0 Å². The lowest BCUT2D eigenvalue weighted by molar-refractivity contribution is -0.143. The highest BCUT2D eigenvalue weighted by molar-refractivity contribution is 6.31. The molecule has 0 saturated heterocycles. The van der Waals surface area contributed by atoms with Gasteiger partial charge in [-0.05, 0) is 61.9 Å². The normalized spacial score (nSPS) is 15.0. The van der Waals surface area contributed by atoms with Crippen LogP contribution in [0.2, 0.25) is 5.02 Å². The number of amides is 2. The first kappa shape index (κ1) is 25.1. The largest absolute Gasteiger partial charge is 0.483 e. The van der Waals surface area contributed by atoms with Gasteiger partial charge in [-0.3, -0.25) is 9.59 Å². The molecular formula is C27H35ClN2O3. The van der Waals surface area contributed by atoms with Crippen LogP contribution in [0.3, 0.4) is 0 Å². The Kier molecular flexibility index (Phi) is 9.19. The zero-order valence-electron chi connectivity index (χ0n) is 19.9. The van der Waals surface area contributed by atoms with Gasteiger partial charge in [-0.2, -0.15) is 0 Å². The number of nitrogens with one attached hydrogen (secondary N) is 1. The van der Waals surface area contributed by atoms with E-state index in [1.165, 1.54) is 6.42 Å². The number of carbonyl (C=O) groups excluding carboxylic acids is 2. The van der Waals surface area contributed by atoms with Gasteiger partial charge in [0.25, 0.3) is 5.91 Å². The maximum Gasteiger partial charge on any atom is 0.261 e. The average molecular weight is 471 g/mol. The SMILES string of the molecule is CCC(C(=O)NC1CCCCC1)N(Cc1ccccc1Cl)C(=O)COc1cc(C)ccc1C. The fourth-order valence-corrected chi connectivity index (χ4v) is 4.55. The molecule has 5 nitrogen and oxygen atoms in total. The number of hydrogen-bond acceptors (Lipinski definition) is 3. The topological polar surface area (TPSA) is 58.6 Å². The molecule has 6 heteroatoms. The summed E-state index contributed by atoms with van der Waals surface area (Å²) in [5, 5.41) is 3.77. The highest BCUT2D eigenvalue weighted by Crippen LogP contribution is 2.23. The highest BCUT2D eigenvalue weighted by Gasteiger charge is 2.31. The van der Waals surface area contributed by atoms with Crippen molar-refractivity contribution < 1.29 is 14.3 Å². The van der Waals surface area contributed by atoms with Crippen LogP contribution < -0.4 is 10.1 Å². The van der Waals surface area contributed by atoms with E-state index in [4.69, 9.17) is 16.3 Å². The van der Waals surface area contributed by atoms with E-state index >= 15 is 0 Å². The van der Waals surface area contributed by atoms with Crippen LogP contribution in [0.15, 0.2) is 42.5 Å². The van der Waals surface area contributed by atoms with Gasteiger partial charge in [0.1, 0.15) is 11.8 Å². The minimum atomic E-state index is -0.585. The smallest absolute Gasteiger partial charge is 0.261 e. The molecular weight excluding hydrogens is 436 g/mol. The lowest BCUT2D eigenvalue weighted by Crippen LogP contribution is -2.52. The Bertz CT molecular complexity index is 956. The van der Waals surface area contributed by atoms with E-state index in [1.807, 2.05) is 57.2 Å². The molecule has 1 fully saturated rings. The van der Waals surface area contributed by atoms with E-state index in [2.05, 4.69) is 5.32 Å². The number of hydrogen-bond donors (Lipinski definition) is 1. The Morgan fingerprint density at radius 1 is 1.12 bits per heavy atom. The van der Waals surface area contributed by atoms with Crippen molar-refractivity contribution in [1.29, 1.82) is 0 Å². The first-order valence-electron chi connectivity index (χ1n) is 11.9. The molecule has 0 aliphatic heterocycles. The summed E-state index contributed by atoms with van der Waals surface area (Å²) in [5.74, 6) is 0.346. The predicted molar refractivity (Wildman–Crippen MR) is 133 cm³/mol. The summed E-state index contributed by atoms with van der Waals surface area (Å²) >= 11 is 6.40. The van der Waals surface area contributed by atoms with Crippen LogP contribution in [-0.4, -0.2) is 35.4 Å². The summed E-state index contributed by atoms with van der Waals surface area (Å²) < 4.78 is 5.90. The Morgan fingerprint density at radius 3 is 2.55 bits per heavy atom. The number of carbonyl (C=O) groups is 2. The van der Waals surface area contributed by atoms with Crippen LogP contribution in [0.1, 0.15) is 62.1 Å². The summed E-state index contributed by atoms with van der Waals surface area (Å²) in [5.41, 5.74) is 2.84. The maximum atomic E-state index is 13.4. The summed E-state index contributed by atoms with van der Waals surface area (Å²) in [4.78, 5) is 28.3. The van der Waals surface area contributed by atoms with Crippen LogP contribution >= 0.6 is 11.6 Å². The van der Waals surface area contributed by atoms with Gasteiger partial charge in [-0.25, -0.2) is 0 Å². The minimum Gasteiger partial charge on any atom is -0.483 e. The molecule has 1 saturated carbocycles. The van der Waals surface area contributed by atoms with Gasteiger partial charge in [0.2, 0.25) is 5.91 Å². The molecule has 0 spiro atoms. The summed E-state index contributed by atoms with van der Waals surface area (Å²) in [6.07, 6.45) is 5.99. The third-order valence-corrected chi connectivity index (χ3v) is 6.70.